The van der Waals surface area contributed by atoms with Gasteiger partial charge in [-0.15, -0.1) is 0 Å². The zero-order valence-corrected chi connectivity index (χ0v) is 21.0. The fourth-order valence-corrected chi connectivity index (χ4v) is 3.35. The standard InChI is InChI=1S/C24H35N7O5/c1-5-14(2)19(30-20(32)15-8-10-16(11-9-15)31(3)4)22-29-18(13-36-22)21(33)28-17(23(34)35)7-6-12-27-24(25)26/h8-11,13-14,17,19H,5-7,12H2,1-4H3,(H,28,33)(H,30,32)(H,34,35)(H4,25,26,27)/t14-,17-,19-/m0/s1. The van der Waals surface area contributed by atoms with Crippen molar-refractivity contribution in [1.29, 1.82) is 0 Å². The SMILES string of the molecule is CC[C@H](C)[C@H](NC(=O)c1ccc(N(C)C)cc1)c1nc(C(=O)N[C@@H](CCCN=C(N)N)C(=O)O)co1. The van der Waals surface area contributed by atoms with Crippen molar-refractivity contribution in [3.05, 3.63) is 47.7 Å². The van der Waals surface area contributed by atoms with Crippen LogP contribution in [0.15, 0.2) is 39.9 Å². The Labute approximate surface area is 210 Å². The van der Waals surface area contributed by atoms with Crippen molar-refractivity contribution in [1.82, 2.24) is 15.6 Å². The number of hydrogen-bond acceptors (Lipinski definition) is 7. The molecule has 36 heavy (non-hydrogen) atoms. The third-order valence-electron chi connectivity index (χ3n) is 5.71. The minimum atomic E-state index is -1.19. The molecule has 2 rings (SSSR count). The van der Waals surface area contributed by atoms with Crippen LogP contribution in [0.5, 0.6) is 0 Å². The van der Waals surface area contributed by atoms with Gasteiger partial charge in [-0.3, -0.25) is 14.6 Å². The quantitative estimate of drug-likeness (QED) is 0.154. The summed E-state index contributed by atoms with van der Waals surface area (Å²) in [6.45, 7) is 4.14. The molecule has 2 aromatic rings. The van der Waals surface area contributed by atoms with E-state index in [0.29, 0.717) is 18.4 Å². The second-order valence-corrected chi connectivity index (χ2v) is 8.66. The number of guanidine groups is 1. The van der Waals surface area contributed by atoms with Crippen molar-refractivity contribution in [2.45, 2.75) is 45.2 Å². The van der Waals surface area contributed by atoms with Gasteiger partial charge in [-0.2, -0.15) is 0 Å². The lowest BCUT2D eigenvalue weighted by Gasteiger charge is -2.21. The summed E-state index contributed by atoms with van der Waals surface area (Å²) in [7, 11) is 3.82. The van der Waals surface area contributed by atoms with Crippen LogP contribution in [-0.2, 0) is 4.79 Å². The van der Waals surface area contributed by atoms with Crippen LogP contribution in [0.2, 0.25) is 0 Å². The van der Waals surface area contributed by atoms with E-state index in [4.69, 9.17) is 15.9 Å². The number of oxazole rings is 1. The van der Waals surface area contributed by atoms with Gasteiger partial charge in [-0.25, -0.2) is 9.78 Å². The lowest BCUT2D eigenvalue weighted by molar-refractivity contribution is -0.139. The third-order valence-corrected chi connectivity index (χ3v) is 5.71. The summed E-state index contributed by atoms with van der Waals surface area (Å²) >= 11 is 0. The molecule has 0 radical (unpaired) electrons. The van der Waals surface area contributed by atoms with Gasteiger partial charge in [0.15, 0.2) is 11.7 Å². The second-order valence-electron chi connectivity index (χ2n) is 8.66. The van der Waals surface area contributed by atoms with E-state index in [1.165, 1.54) is 0 Å². The number of carbonyl (C=O) groups excluding carboxylic acids is 2. The Morgan fingerprint density at radius 3 is 2.36 bits per heavy atom. The van der Waals surface area contributed by atoms with Crippen LogP contribution in [-0.4, -0.2) is 60.5 Å². The molecule has 1 heterocycles. The number of nitrogens with two attached hydrogens (primary N) is 2. The van der Waals surface area contributed by atoms with Gasteiger partial charge in [0, 0.05) is 31.9 Å². The lowest BCUT2D eigenvalue weighted by atomic mass is 9.98. The number of aliphatic imine (C=N–C) groups is 1. The third kappa shape index (κ3) is 8.00. The monoisotopic (exact) mass is 501 g/mol. The number of carbonyl (C=O) groups is 3. The summed E-state index contributed by atoms with van der Waals surface area (Å²) in [4.78, 5) is 47.1. The normalized spacial score (nSPS) is 13.2. The van der Waals surface area contributed by atoms with Gasteiger partial charge >= 0.3 is 5.97 Å². The summed E-state index contributed by atoms with van der Waals surface area (Å²) in [6.07, 6.45) is 2.35. The fourth-order valence-electron chi connectivity index (χ4n) is 3.35. The molecule has 3 atom stereocenters. The fraction of sp³-hybridized carbons (Fsp3) is 0.458. The number of aromatic nitrogens is 1. The Bertz CT molecular complexity index is 1060. The Hall–Kier alpha value is -4.09. The average molecular weight is 502 g/mol. The Balaban J connectivity index is 2.11. The number of amides is 2. The van der Waals surface area contributed by atoms with Crippen LogP contribution in [0.1, 0.15) is 65.9 Å². The van der Waals surface area contributed by atoms with Crippen LogP contribution in [0, 0.1) is 5.92 Å². The molecule has 7 N–H and O–H groups in total. The number of nitrogens with zero attached hydrogens (tertiary/aromatic N) is 3. The summed E-state index contributed by atoms with van der Waals surface area (Å²) in [5, 5.41) is 14.8. The summed E-state index contributed by atoms with van der Waals surface area (Å²) in [5.41, 5.74) is 11.9. The van der Waals surface area contributed by atoms with E-state index in [2.05, 4.69) is 20.6 Å². The molecule has 0 unspecified atom stereocenters. The second kappa shape index (κ2) is 13.1. The van der Waals surface area contributed by atoms with E-state index in [9.17, 15) is 19.5 Å². The molecule has 1 aromatic heterocycles. The minimum Gasteiger partial charge on any atom is -0.480 e. The van der Waals surface area contributed by atoms with E-state index < -0.39 is 24.0 Å². The highest BCUT2D eigenvalue weighted by molar-refractivity contribution is 5.95. The molecule has 12 nitrogen and oxygen atoms in total. The predicted octanol–water partition coefficient (Wildman–Crippen LogP) is 1.49. The molecule has 0 bridgehead atoms. The van der Waals surface area contributed by atoms with Gasteiger partial charge < -0.3 is 36.5 Å². The molecule has 196 valence electrons. The summed E-state index contributed by atoms with van der Waals surface area (Å²) < 4.78 is 5.54. The molecule has 2 amide bonds. The molecular formula is C24H35N7O5. The van der Waals surface area contributed by atoms with E-state index in [1.54, 1.807) is 12.1 Å². The summed E-state index contributed by atoms with van der Waals surface area (Å²) in [6, 6.07) is 5.40. The van der Waals surface area contributed by atoms with Crippen LogP contribution in [0.25, 0.3) is 0 Å². The van der Waals surface area contributed by atoms with Crippen molar-refractivity contribution < 1.29 is 23.9 Å². The van der Waals surface area contributed by atoms with E-state index in [1.807, 2.05) is 45.0 Å². The average Bonchev–Trinajstić information content (AvgIpc) is 3.33. The number of rotatable bonds is 13. The first-order valence-electron chi connectivity index (χ1n) is 11.7. The van der Waals surface area contributed by atoms with Crippen LogP contribution in [0.4, 0.5) is 5.69 Å². The van der Waals surface area contributed by atoms with Gasteiger partial charge in [0.1, 0.15) is 18.3 Å². The number of aliphatic carboxylic acids is 1. The highest BCUT2D eigenvalue weighted by Gasteiger charge is 2.28. The van der Waals surface area contributed by atoms with Crippen LogP contribution < -0.4 is 27.0 Å². The lowest BCUT2D eigenvalue weighted by Crippen LogP contribution is -2.41. The molecule has 0 spiro atoms. The molecule has 0 fully saturated rings. The number of benzene rings is 1. The maximum atomic E-state index is 12.9. The highest BCUT2D eigenvalue weighted by atomic mass is 16.4. The maximum absolute atomic E-state index is 12.9. The first kappa shape index (κ1) is 28.1. The maximum Gasteiger partial charge on any atom is 0.326 e. The topological polar surface area (TPSA) is 189 Å². The molecule has 0 aliphatic heterocycles. The highest BCUT2D eigenvalue weighted by Crippen LogP contribution is 2.25. The molecule has 12 heteroatoms. The molecule has 0 aliphatic rings. The predicted molar refractivity (Wildman–Crippen MR) is 136 cm³/mol. The van der Waals surface area contributed by atoms with Crippen molar-refractivity contribution in [2.75, 3.05) is 25.5 Å². The van der Waals surface area contributed by atoms with Crippen molar-refractivity contribution in [3.63, 3.8) is 0 Å². The molecular weight excluding hydrogens is 466 g/mol. The van der Waals surface area contributed by atoms with E-state index >= 15 is 0 Å². The van der Waals surface area contributed by atoms with E-state index in [0.717, 1.165) is 12.0 Å². The zero-order chi connectivity index (χ0) is 26.8. The zero-order valence-electron chi connectivity index (χ0n) is 21.0. The van der Waals surface area contributed by atoms with Crippen LogP contribution >= 0.6 is 0 Å². The van der Waals surface area contributed by atoms with Gasteiger partial charge in [0.25, 0.3) is 11.8 Å². The van der Waals surface area contributed by atoms with Gasteiger partial charge in [0.05, 0.1) is 0 Å². The van der Waals surface area contributed by atoms with Crippen molar-refractivity contribution in [3.8, 4) is 0 Å². The molecule has 1 aromatic carbocycles. The molecule has 0 saturated heterocycles. The van der Waals surface area contributed by atoms with Crippen molar-refractivity contribution in [2.24, 2.45) is 22.4 Å². The minimum absolute atomic E-state index is 0.0492. The number of carboxylic acids is 1. The Morgan fingerprint density at radius 2 is 1.81 bits per heavy atom. The van der Waals surface area contributed by atoms with Gasteiger partial charge in [0.2, 0.25) is 5.89 Å². The molecule has 0 saturated carbocycles. The van der Waals surface area contributed by atoms with Gasteiger partial charge in [-0.1, -0.05) is 20.3 Å². The number of carboxylic acid groups (broad SMARTS) is 1. The Kier molecular flexibility index (Phi) is 10.3. The summed E-state index contributed by atoms with van der Waals surface area (Å²) in [5.74, 6) is -2.18. The smallest absolute Gasteiger partial charge is 0.326 e. The van der Waals surface area contributed by atoms with Gasteiger partial charge in [-0.05, 0) is 43.0 Å². The molecule has 0 aliphatic carbocycles. The van der Waals surface area contributed by atoms with Crippen molar-refractivity contribution >= 4 is 29.4 Å². The van der Waals surface area contributed by atoms with Crippen LogP contribution in [0.3, 0.4) is 0 Å². The Morgan fingerprint density at radius 1 is 1.14 bits per heavy atom. The number of nitrogens with one attached hydrogen (secondary N) is 2. The number of hydrogen-bond donors (Lipinski definition) is 5. The number of anilines is 1. The van der Waals surface area contributed by atoms with E-state index in [-0.39, 0.29) is 42.3 Å². The largest absolute Gasteiger partial charge is 0.480 e. The first-order valence-corrected chi connectivity index (χ1v) is 11.7. The first-order chi connectivity index (χ1) is 17.0.